The maximum absolute atomic E-state index is 12.3. The molecule has 0 bridgehead atoms. The Morgan fingerprint density at radius 1 is 1.13 bits per heavy atom. The zero-order chi connectivity index (χ0) is 17.2. The number of nitro benzene ring substituents is 1. The molecule has 2 aromatic rings. The van der Waals surface area contributed by atoms with Gasteiger partial charge in [-0.05, 0) is 35.2 Å². The highest BCUT2D eigenvalue weighted by Gasteiger charge is 2.18. The lowest BCUT2D eigenvalue weighted by molar-refractivity contribution is -0.383. The molecule has 120 valence electrons. The van der Waals surface area contributed by atoms with E-state index < -0.39 is 10.8 Å². The van der Waals surface area contributed by atoms with Crippen molar-refractivity contribution in [2.75, 3.05) is 5.32 Å². The fourth-order valence-electron chi connectivity index (χ4n) is 2.08. The van der Waals surface area contributed by atoms with Gasteiger partial charge in [0.2, 0.25) is 0 Å². The van der Waals surface area contributed by atoms with Crippen LogP contribution >= 0.6 is 11.6 Å². The number of carbonyl (C=O) groups excluding carboxylic acids is 1. The van der Waals surface area contributed by atoms with Gasteiger partial charge in [-0.15, -0.1) is 0 Å². The van der Waals surface area contributed by atoms with E-state index >= 15 is 0 Å². The molecule has 1 N–H and O–H groups in total. The largest absolute Gasteiger partial charge is 0.316 e. The quantitative estimate of drug-likeness (QED) is 0.648. The van der Waals surface area contributed by atoms with Crippen LogP contribution in [0.3, 0.4) is 0 Å². The molecule has 0 aliphatic rings. The number of hydrogen-bond donors (Lipinski definition) is 1. The summed E-state index contributed by atoms with van der Waals surface area (Å²) in [4.78, 5) is 22.7. The molecule has 1 amide bonds. The SMILES string of the molecule is CC(C)(C)c1ccc(C(=O)Nc2cc(Cl)ccc2[N+](=O)[O-])cc1. The number of halogens is 1. The summed E-state index contributed by atoms with van der Waals surface area (Å²) in [5, 5.41) is 13.9. The predicted octanol–water partition coefficient (Wildman–Crippen LogP) is 4.80. The van der Waals surface area contributed by atoms with Crippen molar-refractivity contribution in [3.63, 3.8) is 0 Å². The molecule has 0 spiro atoms. The van der Waals surface area contributed by atoms with E-state index in [0.717, 1.165) is 5.56 Å². The zero-order valence-electron chi connectivity index (χ0n) is 13.1. The summed E-state index contributed by atoms with van der Waals surface area (Å²) in [6.07, 6.45) is 0. The second-order valence-electron chi connectivity index (χ2n) is 6.20. The summed E-state index contributed by atoms with van der Waals surface area (Å²) in [5.74, 6) is -0.421. The summed E-state index contributed by atoms with van der Waals surface area (Å²) >= 11 is 5.85. The Labute approximate surface area is 139 Å². The number of hydrogen-bond acceptors (Lipinski definition) is 3. The lowest BCUT2D eigenvalue weighted by Gasteiger charge is -2.19. The van der Waals surface area contributed by atoms with Gasteiger partial charge in [-0.2, -0.15) is 0 Å². The average molecular weight is 333 g/mol. The normalized spacial score (nSPS) is 11.1. The Morgan fingerprint density at radius 2 is 1.74 bits per heavy atom. The lowest BCUT2D eigenvalue weighted by Crippen LogP contribution is -2.15. The first-order valence-electron chi connectivity index (χ1n) is 7.04. The molecule has 0 aromatic heterocycles. The maximum atomic E-state index is 12.3. The number of nitrogens with zero attached hydrogens (tertiary/aromatic N) is 1. The predicted molar refractivity (Wildman–Crippen MR) is 91.2 cm³/mol. The van der Waals surface area contributed by atoms with Crippen molar-refractivity contribution in [1.29, 1.82) is 0 Å². The summed E-state index contributed by atoms with van der Waals surface area (Å²) in [6.45, 7) is 6.24. The van der Waals surface area contributed by atoms with Crippen LogP contribution in [0.5, 0.6) is 0 Å². The van der Waals surface area contributed by atoms with Crippen molar-refractivity contribution >= 4 is 28.9 Å². The van der Waals surface area contributed by atoms with Crippen LogP contribution in [0, 0.1) is 10.1 Å². The Balaban J connectivity index is 2.26. The number of amides is 1. The molecule has 2 aromatic carbocycles. The van der Waals surface area contributed by atoms with Crippen LogP contribution in [0.2, 0.25) is 5.02 Å². The summed E-state index contributed by atoms with van der Waals surface area (Å²) in [5.41, 5.74) is 1.39. The number of carbonyl (C=O) groups is 1. The van der Waals surface area contributed by atoms with Gasteiger partial charge in [0.15, 0.2) is 0 Å². The Kier molecular flexibility index (Phi) is 4.71. The molecule has 0 atom stereocenters. The molecule has 0 aliphatic heterocycles. The minimum absolute atomic E-state index is 0.0131. The number of anilines is 1. The van der Waals surface area contributed by atoms with Crippen LogP contribution in [0.15, 0.2) is 42.5 Å². The van der Waals surface area contributed by atoms with E-state index in [1.807, 2.05) is 12.1 Å². The van der Waals surface area contributed by atoms with Gasteiger partial charge in [-0.3, -0.25) is 14.9 Å². The first kappa shape index (κ1) is 17.0. The topological polar surface area (TPSA) is 72.2 Å². The molecule has 23 heavy (non-hydrogen) atoms. The summed E-state index contributed by atoms with van der Waals surface area (Å²) in [7, 11) is 0. The molecule has 0 saturated carbocycles. The third kappa shape index (κ3) is 4.07. The molecule has 0 radical (unpaired) electrons. The van der Waals surface area contributed by atoms with Crippen molar-refractivity contribution < 1.29 is 9.72 Å². The third-order valence-corrected chi connectivity index (χ3v) is 3.65. The minimum Gasteiger partial charge on any atom is -0.316 e. The van der Waals surface area contributed by atoms with Gasteiger partial charge in [0.1, 0.15) is 5.69 Å². The van der Waals surface area contributed by atoms with E-state index in [4.69, 9.17) is 11.6 Å². The molecular weight excluding hydrogens is 316 g/mol. The molecule has 5 nitrogen and oxygen atoms in total. The highest BCUT2D eigenvalue weighted by Crippen LogP contribution is 2.28. The third-order valence-electron chi connectivity index (χ3n) is 3.42. The van der Waals surface area contributed by atoms with Crippen molar-refractivity contribution in [2.45, 2.75) is 26.2 Å². The van der Waals surface area contributed by atoms with Crippen LogP contribution in [-0.4, -0.2) is 10.8 Å². The van der Waals surface area contributed by atoms with Gasteiger partial charge >= 0.3 is 0 Å². The highest BCUT2D eigenvalue weighted by atomic mass is 35.5. The van der Waals surface area contributed by atoms with Gasteiger partial charge < -0.3 is 5.32 Å². The first-order valence-corrected chi connectivity index (χ1v) is 7.42. The Morgan fingerprint density at radius 3 is 2.26 bits per heavy atom. The van der Waals surface area contributed by atoms with Gasteiger partial charge in [0.05, 0.1) is 4.92 Å². The van der Waals surface area contributed by atoms with Crippen LogP contribution in [-0.2, 0) is 5.41 Å². The monoisotopic (exact) mass is 332 g/mol. The van der Waals surface area contributed by atoms with Gasteiger partial charge in [-0.25, -0.2) is 0 Å². The second-order valence-corrected chi connectivity index (χ2v) is 6.64. The van der Waals surface area contributed by atoms with Crippen LogP contribution in [0.4, 0.5) is 11.4 Å². The summed E-state index contributed by atoms with van der Waals surface area (Å²) in [6, 6.07) is 11.2. The smallest absolute Gasteiger partial charge is 0.292 e. The second kappa shape index (κ2) is 6.38. The fourth-order valence-corrected chi connectivity index (χ4v) is 2.26. The first-order chi connectivity index (χ1) is 10.7. The average Bonchev–Trinajstić information content (AvgIpc) is 2.46. The van der Waals surface area contributed by atoms with E-state index in [0.29, 0.717) is 10.6 Å². The Hall–Kier alpha value is -2.40. The molecule has 6 heteroatoms. The van der Waals surface area contributed by atoms with Crippen LogP contribution < -0.4 is 5.32 Å². The number of benzene rings is 2. The lowest BCUT2D eigenvalue weighted by atomic mass is 9.87. The van der Waals surface area contributed by atoms with Crippen molar-refractivity contribution in [3.8, 4) is 0 Å². The van der Waals surface area contributed by atoms with Crippen molar-refractivity contribution in [1.82, 2.24) is 0 Å². The maximum Gasteiger partial charge on any atom is 0.292 e. The number of nitro groups is 1. The van der Waals surface area contributed by atoms with Crippen LogP contribution in [0.25, 0.3) is 0 Å². The van der Waals surface area contributed by atoms with E-state index in [1.165, 1.54) is 18.2 Å². The fraction of sp³-hybridized carbons (Fsp3) is 0.235. The van der Waals surface area contributed by atoms with Gasteiger partial charge in [-0.1, -0.05) is 44.5 Å². The van der Waals surface area contributed by atoms with E-state index in [2.05, 4.69) is 26.1 Å². The van der Waals surface area contributed by atoms with E-state index in [1.54, 1.807) is 12.1 Å². The van der Waals surface area contributed by atoms with E-state index in [9.17, 15) is 14.9 Å². The molecule has 0 aliphatic carbocycles. The zero-order valence-corrected chi connectivity index (χ0v) is 13.8. The molecule has 0 unspecified atom stereocenters. The Bertz CT molecular complexity index is 749. The molecule has 2 rings (SSSR count). The number of rotatable bonds is 3. The standard InChI is InChI=1S/C17H17ClN2O3/c1-17(2,3)12-6-4-11(5-7-12)16(21)19-14-10-13(18)8-9-15(14)20(22)23/h4-10H,1-3H3,(H,19,21). The molecule has 0 saturated heterocycles. The van der Waals surface area contributed by atoms with Gasteiger partial charge in [0.25, 0.3) is 11.6 Å². The van der Waals surface area contributed by atoms with Crippen molar-refractivity contribution in [2.24, 2.45) is 0 Å². The number of nitrogens with one attached hydrogen (secondary N) is 1. The molecular formula is C17H17ClN2O3. The minimum atomic E-state index is -0.561. The highest BCUT2D eigenvalue weighted by molar-refractivity contribution is 6.31. The van der Waals surface area contributed by atoms with Crippen LogP contribution in [0.1, 0.15) is 36.7 Å². The summed E-state index contributed by atoms with van der Waals surface area (Å²) < 4.78 is 0. The molecule has 0 fully saturated rings. The van der Waals surface area contributed by atoms with Crippen molar-refractivity contribution in [3.05, 3.63) is 68.7 Å². The van der Waals surface area contributed by atoms with E-state index in [-0.39, 0.29) is 16.8 Å². The molecule has 0 heterocycles. The van der Waals surface area contributed by atoms with Gasteiger partial charge in [0, 0.05) is 16.7 Å².